The van der Waals surface area contributed by atoms with Gasteiger partial charge in [0.05, 0.1) is 5.69 Å². The monoisotopic (exact) mass is 390 g/mol. The maximum absolute atomic E-state index is 12.0. The van der Waals surface area contributed by atoms with E-state index in [2.05, 4.69) is 37.2 Å². The molecule has 1 atom stereocenters. The third-order valence-electron chi connectivity index (χ3n) is 2.97. The molecule has 0 aliphatic heterocycles. The van der Waals surface area contributed by atoms with Gasteiger partial charge in [-0.25, -0.2) is 0 Å². The summed E-state index contributed by atoms with van der Waals surface area (Å²) in [6, 6.07) is 3.75. The second kappa shape index (κ2) is 6.37. The smallest absolute Gasteiger partial charge is 0.226 e. The van der Waals surface area contributed by atoms with Crippen LogP contribution in [0.3, 0.4) is 0 Å². The number of aryl methyl sites for hydroxylation is 1. The summed E-state index contributed by atoms with van der Waals surface area (Å²) in [6.07, 6.45) is 0.302. The second-order valence-corrected chi connectivity index (χ2v) is 7.54. The van der Waals surface area contributed by atoms with E-state index in [1.54, 1.807) is 0 Å². The largest absolute Gasteiger partial charge is 0.327 e. The molecular weight excluding hydrogens is 372 g/mol. The van der Waals surface area contributed by atoms with Crippen LogP contribution in [0.4, 0.5) is 5.69 Å². The van der Waals surface area contributed by atoms with E-state index in [4.69, 9.17) is 5.73 Å². The Hall–Kier alpha value is -0.390. The molecule has 1 aromatic carbocycles. The molecule has 106 valence electrons. The van der Waals surface area contributed by atoms with Gasteiger partial charge >= 0.3 is 0 Å². The number of nitrogens with one attached hydrogen (secondary N) is 1. The normalized spacial score (nSPS) is 13.2. The Morgan fingerprint density at radius 1 is 1.32 bits per heavy atom. The van der Waals surface area contributed by atoms with Crippen LogP contribution < -0.4 is 11.1 Å². The molecule has 5 heteroatoms. The Labute approximate surface area is 131 Å². The lowest BCUT2D eigenvalue weighted by molar-refractivity contribution is -0.117. The zero-order chi connectivity index (χ0) is 14.8. The van der Waals surface area contributed by atoms with E-state index in [-0.39, 0.29) is 17.4 Å². The average Bonchev–Trinajstić information content (AvgIpc) is 2.21. The van der Waals surface area contributed by atoms with Gasteiger partial charge < -0.3 is 11.1 Å². The molecule has 0 spiro atoms. The summed E-state index contributed by atoms with van der Waals surface area (Å²) in [5.74, 6) is -0.0762. The molecule has 0 fully saturated rings. The van der Waals surface area contributed by atoms with Crippen LogP contribution in [0.25, 0.3) is 0 Å². The van der Waals surface area contributed by atoms with Crippen LogP contribution in [0.1, 0.15) is 32.8 Å². The maximum atomic E-state index is 12.0. The Morgan fingerprint density at radius 2 is 1.79 bits per heavy atom. The highest BCUT2D eigenvalue weighted by atomic mass is 79.9. The Morgan fingerprint density at radius 3 is 2.21 bits per heavy atom. The zero-order valence-corrected chi connectivity index (χ0v) is 14.9. The van der Waals surface area contributed by atoms with Gasteiger partial charge in [-0.05, 0) is 61.9 Å². The van der Waals surface area contributed by atoms with Crippen LogP contribution in [0.2, 0.25) is 0 Å². The Kier molecular flexibility index (Phi) is 5.59. The van der Waals surface area contributed by atoms with Crippen LogP contribution in [0, 0.1) is 12.3 Å². The van der Waals surface area contributed by atoms with Gasteiger partial charge in [0.25, 0.3) is 0 Å². The van der Waals surface area contributed by atoms with E-state index < -0.39 is 0 Å². The molecule has 1 aromatic rings. The fourth-order valence-corrected chi connectivity index (χ4v) is 3.13. The van der Waals surface area contributed by atoms with Crippen LogP contribution in [0.5, 0.6) is 0 Å². The highest BCUT2D eigenvalue weighted by Gasteiger charge is 2.23. The number of nitrogens with two attached hydrogens (primary N) is 1. The number of anilines is 1. The number of carbonyl (C=O) groups is 1. The number of hydrogen-bond donors (Lipinski definition) is 2. The van der Waals surface area contributed by atoms with E-state index in [0.717, 1.165) is 20.2 Å². The highest BCUT2D eigenvalue weighted by molar-refractivity contribution is 9.11. The first kappa shape index (κ1) is 16.7. The van der Waals surface area contributed by atoms with Gasteiger partial charge in [0.15, 0.2) is 0 Å². The molecule has 1 rings (SSSR count). The van der Waals surface area contributed by atoms with Crippen LogP contribution >= 0.6 is 31.9 Å². The van der Waals surface area contributed by atoms with Crippen molar-refractivity contribution in [2.24, 2.45) is 11.1 Å². The third kappa shape index (κ3) is 4.89. The Bertz CT molecular complexity index is 458. The predicted octanol–water partition coefficient (Wildman–Crippen LogP) is 4.22. The van der Waals surface area contributed by atoms with Gasteiger partial charge in [-0.2, -0.15) is 0 Å². The summed E-state index contributed by atoms with van der Waals surface area (Å²) < 4.78 is 1.72. The molecule has 19 heavy (non-hydrogen) atoms. The van der Waals surface area contributed by atoms with Crippen molar-refractivity contribution in [1.82, 2.24) is 0 Å². The van der Waals surface area contributed by atoms with Gasteiger partial charge in [0, 0.05) is 21.4 Å². The fourth-order valence-electron chi connectivity index (χ4n) is 1.52. The summed E-state index contributed by atoms with van der Waals surface area (Å²) in [5, 5.41) is 2.90. The van der Waals surface area contributed by atoms with Gasteiger partial charge in [-0.15, -0.1) is 0 Å². The summed E-state index contributed by atoms with van der Waals surface area (Å²) in [5.41, 5.74) is 7.80. The first-order valence-electron chi connectivity index (χ1n) is 6.12. The summed E-state index contributed by atoms with van der Waals surface area (Å²) in [4.78, 5) is 12.0. The number of benzene rings is 1. The van der Waals surface area contributed by atoms with E-state index in [1.165, 1.54) is 0 Å². The van der Waals surface area contributed by atoms with E-state index in [9.17, 15) is 4.79 Å². The minimum atomic E-state index is -0.171. The average molecular weight is 392 g/mol. The quantitative estimate of drug-likeness (QED) is 0.810. The lowest BCUT2D eigenvalue weighted by atomic mass is 9.85. The topological polar surface area (TPSA) is 55.1 Å². The lowest BCUT2D eigenvalue weighted by Crippen LogP contribution is -2.38. The molecule has 0 aliphatic rings. The number of amides is 1. The van der Waals surface area contributed by atoms with Crippen molar-refractivity contribution in [1.29, 1.82) is 0 Å². The van der Waals surface area contributed by atoms with Crippen LogP contribution in [-0.2, 0) is 4.79 Å². The number of rotatable bonds is 3. The minimum Gasteiger partial charge on any atom is -0.327 e. The number of carbonyl (C=O) groups excluding carboxylic acids is 1. The molecule has 0 aromatic heterocycles. The third-order valence-corrected chi connectivity index (χ3v) is 4.22. The first-order chi connectivity index (χ1) is 8.61. The SMILES string of the molecule is Cc1cc(Br)c(NC(=O)CC(N)C(C)(C)C)c(Br)c1. The maximum Gasteiger partial charge on any atom is 0.226 e. The van der Waals surface area contributed by atoms with Crippen molar-refractivity contribution >= 4 is 43.5 Å². The first-order valence-corrected chi connectivity index (χ1v) is 7.71. The van der Waals surface area contributed by atoms with Crippen molar-refractivity contribution in [3.8, 4) is 0 Å². The molecule has 0 saturated carbocycles. The van der Waals surface area contributed by atoms with Crippen molar-refractivity contribution < 1.29 is 4.79 Å². The predicted molar refractivity (Wildman–Crippen MR) is 87.3 cm³/mol. The fraction of sp³-hybridized carbons (Fsp3) is 0.500. The van der Waals surface area contributed by atoms with Crippen molar-refractivity contribution in [3.05, 3.63) is 26.6 Å². The van der Waals surface area contributed by atoms with Crippen molar-refractivity contribution in [3.63, 3.8) is 0 Å². The number of halogens is 2. The van der Waals surface area contributed by atoms with E-state index in [1.807, 2.05) is 39.8 Å². The molecular formula is C14H20Br2N2O. The molecule has 1 amide bonds. The van der Waals surface area contributed by atoms with Crippen molar-refractivity contribution in [2.45, 2.75) is 40.2 Å². The van der Waals surface area contributed by atoms with Gasteiger partial charge in [-0.3, -0.25) is 4.79 Å². The molecule has 0 bridgehead atoms. The second-order valence-electron chi connectivity index (χ2n) is 5.83. The molecule has 0 saturated heterocycles. The van der Waals surface area contributed by atoms with Gasteiger partial charge in [0.2, 0.25) is 5.91 Å². The highest BCUT2D eigenvalue weighted by Crippen LogP contribution is 2.32. The molecule has 0 radical (unpaired) electrons. The summed E-state index contributed by atoms with van der Waals surface area (Å²) >= 11 is 6.91. The minimum absolute atomic E-state index is 0.0762. The molecule has 0 aliphatic carbocycles. The van der Waals surface area contributed by atoms with Gasteiger partial charge in [0.1, 0.15) is 0 Å². The Balaban J connectivity index is 2.79. The molecule has 3 nitrogen and oxygen atoms in total. The van der Waals surface area contributed by atoms with Crippen molar-refractivity contribution in [2.75, 3.05) is 5.32 Å². The van der Waals surface area contributed by atoms with Crippen LogP contribution in [-0.4, -0.2) is 11.9 Å². The van der Waals surface area contributed by atoms with E-state index >= 15 is 0 Å². The molecule has 1 unspecified atom stereocenters. The molecule has 3 N–H and O–H groups in total. The number of hydrogen-bond acceptors (Lipinski definition) is 2. The standard InChI is InChI=1S/C14H20Br2N2O/c1-8-5-9(15)13(10(16)6-8)18-12(19)7-11(17)14(2,3)4/h5-6,11H,7,17H2,1-4H3,(H,18,19). The summed E-state index contributed by atoms with van der Waals surface area (Å²) in [6.45, 7) is 8.09. The zero-order valence-electron chi connectivity index (χ0n) is 11.7. The molecule has 0 heterocycles. The van der Waals surface area contributed by atoms with Gasteiger partial charge in [-0.1, -0.05) is 20.8 Å². The van der Waals surface area contributed by atoms with Crippen LogP contribution in [0.15, 0.2) is 21.1 Å². The summed E-state index contributed by atoms with van der Waals surface area (Å²) in [7, 11) is 0. The lowest BCUT2D eigenvalue weighted by Gasteiger charge is -2.26. The van der Waals surface area contributed by atoms with E-state index in [0.29, 0.717) is 6.42 Å².